The van der Waals surface area contributed by atoms with Gasteiger partial charge in [0.1, 0.15) is 0 Å². The smallest absolute Gasteiger partial charge is 0.340 e. The van der Waals surface area contributed by atoms with E-state index in [9.17, 15) is 17.6 Å². The van der Waals surface area contributed by atoms with Crippen LogP contribution >= 0.6 is 0 Å². The minimum absolute atomic E-state index is 0.0728. The standard InChI is InChI=1S/C17H18F4N4O/c1-11-5-12(6-23-15(11)26-10-17(20,21)16(18)19)8-25-9-13-7-22-4-3-14(13)24(25)2/h3-7,16H,8-10H2,1-2H3. The number of hydrazine groups is 1. The van der Waals surface area contributed by atoms with Crippen LogP contribution in [0.15, 0.2) is 30.7 Å². The number of hydrogen-bond donors (Lipinski definition) is 0. The molecular weight excluding hydrogens is 352 g/mol. The first-order valence-electron chi connectivity index (χ1n) is 7.93. The number of hydrogen-bond acceptors (Lipinski definition) is 5. The van der Waals surface area contributed by atoms with Gasteiger partial charge in [0.25, 0.3) is 0 Å². The van der Waals surface area contributed by atoms with Gasteiger partial charge in [-0.25, -0.2) is 18.8 Å². The van der Waals surface area contributed by atoms with Crippen molar-refractivity contribution in [2.24, 2.45) is 0 Å². The highest BCUT2D eigenvalue weighted by Crippen LogP contribution is 2.30. The zero-order valence-electron chi connectivity index (χ0n) is 14.3. The molecular formula is C17H18F4N4O. The molecule has 26 heavy (non-hydrogen) atoms. The van der Waals surface area contributed by atoms with E-state index in [0.29, 0.717) is 18.7 Å². The van der Waals surface area contributed by atoms with E-state index in [2.05, 4.69) is 15.0 Å². The normalized spacial score (nSPS) is 14.8. The lowest BCUT2D eigenvalue weighted by atomic mass is 10.2. The molecule has 0 N–H and O–H groups in total. The number of alkyl halides is 4. The molecule has 1 aliphatic rings. The molecule has 9 heteroatoms. The van der Waals surface area contributed by atoms with Gasteiger partial charge < -0.3 is 9.75 Å². The highest BCUT2D eigenvalue weighted by atomic mass is 19.3. The lowest BCUT2D eigenvalue weighted by Crippen LogP contribution is -2.34. The Morgan fingerprint density at radius 3 is 2.73 bits per heavy atom. The number of anilines is 1. The Kier molecular flexibility index (Phi) is 4.99. The number of halogens is 4. The van der Waals surface area contributed by atoms with E-state index in [1.807, 2.05) is 24.3 Å². The first kappa shape index (κ1) is 18.4. The third-order valence-corrected chi connectivity index (χ3v) is 4.18. The summed E-state index contributed by atoms with van der Waals surface area (Å²) in [6.07, 6.45) is 1.27. The predicted molar refractivity (Wildman–Crippen MR) is 87.3 cm³/mol. The fourth-order valence-corrected chi connectivity index (χ4v) is 2.77. The summed E-state index contributed by atoms with van der Waals surface area (Å²) in [5.74, 6) is -4.28. The predicted octanol–water partition coefficient (Wildman–Crippen LogP) is 3.43. The van der Waals surface area contributed by atoms with Crippen LogP contribution in [0.1, 0.15) is 16.7 Å². The molecule has 0 radical (unpaired) electrons. The van der Waals surface area contributed by atoms with Crippen LogP contribution in [-0.4, -0.2) is 41.0 Å². The van der Waals surface area contributed by atoms with Crippen LogP contribution in [-0.2, 0) is 13.1 Å². The van der Waals surface area contributed by atoms with E-state index in [4.69, 9.17) is 4.74 Å². The topological polar surface area (TPSA) is 41.5 Å². The number of nitrogens with zero attached hydrogens (tertiary/aromatic N) is 4. The molecule has 3 rings (SSSR count). The molecule has 0 aromatic carbocycles. The Hall–Kier alpha value is -2.42. The molecule has 3 heterocycles. The summed E-state index contributed by atoms with van der Waals surface area (Å²) in [6, 6.07) is 3.68. The summed E-state index contributed by atoms with van der Waals surface area (Å²) >= 11 is 0. The van der Waals surface area contributed by atoms with Gasteiger partial charge in [0.2, 0.25) is 5.88 Å². The van der Waals surface area contributed by atoms with Crippen molar-refractivity contribution in [3.05, 3.63) is 47.4 Å². The summed E-state index contributed by atoms with van der Waals surface area (Å²) in [5, 5.41) is 4.09. The van der Waals surface area contributed by atoms with Crippen molar-refractivity contribution >= 4 is 5.69 Å². The zero-order chi connectivity index (χ0) is 18.9. The van der Waals surface area contributed by atoms with E-state index in [1.165, 1.54) is 6.20 Å². The van der Waals surface area contributed by atoms with Gasteiger partial charge >= 0.3 is 12.3 Å². The van der Waals surface area contributed by atoms with Gasteiger partial charge in [0.05, 0.1) is 5.69 Å². The third kappa shape index (κ3) is 3.72. The summed E-state index contributed by atoms with van der Waals surface area (Å²) < 4.78 is 55.1. The zero-order valence-corrected chi connectivity index (χ0v) is 14.3. The number of pyridine rings is 2. The fourth-order valence-electron chi connectivity index (χ4n) is 2.77. The van der Waals surface area contributed by atoms with Crippen LogP contribution < -0.4 is 9.75 Å². The first-order chi connectivity index (χ1) is 12.3. The Morgan fingerprint density at radius 1 is 1.31 bits per heavy atom. The minimum atomic E-state index is -4.20. The lowest BCUT2D eigenvalue weighted by molar-refractivity contribution is -0.148. The molecule has 2 aromatic rings. The van der Waals surface area contributed by atoms with Crippen molar-refractivity contribution in [1.29, 1.82) is 0 Å². The van der Waals surface area contributed by atoms with E-state index >= 15 is 0 Å². The van der Waals surface area contributed by atoms with E-state index in [0.717, 1.165) is 16.8 Å². The molecule has 0 unspecified atom stereocenters. The number of ether oxygens (including phenoxy) is 1. The van der Waals surface area contributed by atoms with Crippen molar-refractivity contribution in [1.82, 2.24) is 15.0 Å². The van der Waals surface area contributed by atoms with Crippen LogP contribution in [0.4, 0.5) is 23.2 Å². The second kappa shape index (κ2) is 7.06. The van der Waals surface area contributed by atoms with Gasteiger partial charge in [-0.3, -0.25) is 4.98 Å². The van der Waals surface area contributed by atoms with E-state index in [1.54, 1.807) is 19.2 Å². The van der Waals surface area contributed by atoms with Gasteiger partial charge in [0, 0.05) is 49.9 Å². The quantitative estimate of drug-likeness (QED) is 0.729. The van der Waals surface area contributed by atoms with Gasteiger partial charge in [-0.05, 0) is 24.6 Å². The van der Waals surface area contributed by atoms with Gasteiger partial charge in [-0.1, -0.05) is 0 Å². The number of fused-ring (bicyclic) bond motifs is 1. The monoisotopic (exact) mass is 370 g/mol. The highest BCUT2D eigenvalue weighted by molar-refractivity contribution is 5.54. The lowest BCUT2D eigenvalue weighted by Gasteiger charge is -2.26. The molecule has 0 aliphatic carbocycles. The molecule has 1 aliphatic heterocycles. The molecule has 0 saturated heterocycles. The van der Waals surface area contributed by atoms with Crippen molar-refractivity contribution in [2.75, 3.05) is 18.7 Å². The maximum atomic E-state index is 13.0. The molecule has 2 aromatic heterocycles. The van der Waals surface area contributed by atoms with Crippen LogP contribution in [0.5, 0.6) is 5.88 Å². The SMILES string of the molecule is Cc1cc(CN2Cc3cnccc3N2C)cnc1OCC(F)(F)C(F)F. The molecule has 0 fully saturated rings. The van der Waals surface area contributed by atoms with E-state index in [-0.39, 0.29) is 5.88 Å². The summed E-state index contributed by atoms with van der Waals surface area (Å²) in [7, 11) is 1.94. The molecule has 5 nitrogen and oxygen atoms in total. The minimum Gasteiger partial charge on any atom is -0.471 e. The fraction of sp³-hybridized carbons (Fsp3) is 0.412. The average Bonchev–Trinajstić information content (AvgIpc) is 2.90. The van der Waals surface area contributed by atoms with Crippen LogP contribution in [0, 0.1) is 6.92 Å². The first-order valence-corrected chi connectivity index (χ1v) is 7.93. The molecule has 0 spiro atoms. The maximum Gasteiger partial charge on any atom is 0.340 e. The highest BCUT2D eigenvalue weighted by Gasteiger charge is 2.42. The van der Waals surface area contributed by atoms with Crippen molar-refractivity contribution in [3.8, 4) is 5.88 Å². The maximum absolute atomic E-state index is 13.0. The molecule has 140 valence electrons. The summed E-state index contributed by atoms with van der Waals surface area (Å²) in [4.78, 5) is 8.11. The number of rotatable bonds is 6. The van der Waals surface area contributed by atoms with Gasteiger partial charge in [-0.2, -0.15) is 8.78 Å². The largest absolute Gasteiger partial charge is 0.471 e. The molecule has 0 atom stereocenters. The number of aryl methyl sites for hydroxylation is 1. The van der Waals surface area contributed by atoms with E-state index < -0.39 is 19.0 Å². The van der Waals surface area contributed by atoms with Crippen molar-refractivity contribution in [2.45, 2.75) is 32.4 Å². The average molecular weight is 370 g/mol. The van der Waals surface area contributed by atoms with Crippen LogP contribution in [0.2, 0.25) is 0 Å². The van der Waals surface area contributed by atoms with Gasteiger partial charge in [-0.15, -0.1) is 0 Å². The van der Waals surface area contributed by atoms with Crippen molar-refractivity contribution in [3.63, 3.8) is 0 Å². The van der Waals surface area contributed by atoms with Crippen molar-refractivity contribution < 1.29 is 22.3 Å². The van der Waals surface area contributed by atoms with Crippen LogP contribution in [0.3, 0.4) is 0 Å². The molecule has 0 amide bonds. The Bertz CT molecular complexity index is 787. The van der Waals surface area contributed by atoms with Gasteiger partial charge in [0.15, 0.2) is 6.61 Å². The second-order valence-electron chi connectivity index (χ2n) is 6.17. The molecule has 0 bridgehead atoms. The van der Waals surface area contributed by atoms with Crippen LogP contribution in [0.25, 0.3) is 0 Å². The Morgan fingerprint density at radius 2 is 2.08 bits per heavy atom. The Labute approximate surface area is 148 Å². The second-order valence-corrected chi connectivity index (χ2v) is 6.17. The summed E-state index contributed by atoms with van der Waals surface area (Å²) in [6.45, 7) is 1.47. The summed E-state index contributed by atoms with van der Waals surface area (Å²) in [5.41, 5.74) is 3.53. The molecule has 0 saturated carbocycles. The third-order valence-electron chi connectivity index (χ3n) is 4.18. The number of aromatic nitrogens is 2. The Balaban J connectivity index is 1.65.